The van der Waals surface area contributed by atoms with Crippen LogP contribution in [0.2, 0.25) is 0 Å². The third kappa shape index (κ3) is 8.71. The summed E-state index contributed by atoms with van der Waals surface area (Å²) < 4.78 is 9.58. The van der Waals surface area contributed by atoms with Crippen LogP contribution in [0.5, 0.6) is 0 Å². The van der Waals surface area contributed by atoms with E-state index in [1.165, 1.54) is 12.4 Å². The number of pyridine rings is 2. The molecule has 2 aromatic rings. The topological polar surface area (TPSA) is 82.2 Å². The van der Waals surface area contributed by atoms with Gasteiger partial charge < -0.3 is 49.1 Å². The van der Waals surface area contributed by atoms with E-state index in [1.807, 2.05) is 58.2 Å². The molecule has 0 spiro atoms. The van der Waals surface area contributed by atoms with E-state index in [4.69, 9.17) is 15.2 Å². The van der Waals surface area contributed by atoms with Crippen molar-refractivity contribution < 1.29 is 58.2 Å². The molecule has 0 bridgehead atoms. The quantitative estimate of drug-likeness (QED) is 0.131. The van der Waals surface area contributed by atoms with Gasteiger partial charge in [-0.25, -0.2) is 9.13 Å². The summed E-state index contributed by atoms with van der Waals surface area (Å²) in [6.07, 6.45) is 10.4. The number of halogens is 2. The summed E-state index contributed by atoms with van der Waals surface area (Å²) in [6.45, 7) is 2.61. The van der Waals surface area contributed by atoms with Gasteiger partial charge in [0.1, 0.15) is 13.2 Å². The standard InChI is InChI=1S/C16H18N4O3.2BrH/c21-17-11-15-3-1-5-19(13-15)7-9-23-10-8-20-6-2-4-16(14-20)12-18-22;;/h1-6,11-14H,7-10H2;2*1H/b17-11+,18-12+;;. The monoisotopic (exact) mass is 474 g/mol. The fourth-order valence-electron chi connectivity index (χ4n) is 2.09. The second-order valence-corrected chi connectivity index (χ2v) is 4.85. The maximum atomic E-state index is 8.53. The number of rotatable bonds is 8. The first-order chi connectivity index (χ1) is 11.3. The van der Waals surface area contributed by atoms with Gasteiger partial charge in [0.15, 0.2) is 37.9 Å². The number of oxime groups is 2. The molecule has 2 heterocycles. The molecule has 25 heavy (non-hydrogen) atoms. The number of nitrogens with zero attached hydrogens (tertiary/aromatic N) is 4. The second-order valence-electron chi connectivity index (χ2n) is 4.85. The van der Waals surface area contributed by atoms with Crippen LogP contribution < -0.4 is 43.1 Å². The van der Waals surface area contributed by atoms with Gasteiger partial charge in [-0.15, -0.1) is 0 Å². The molecule has 0 aliphatic heterocycles. The van der Waals surface area contributed by atoms with E-state index in [2.05, 4.69) is 10.3 Å². The lowest BCUT2D eigenvalue weighted by atomic mass is 10.3. The number of hydrogen-bond acceptors (Lipinski definition) is 5. The first-order valence-corrected chi connectivity index (χ1v) is 7.22. The molecule has 136 valence electrons. The van der Waals surface area contributed by atoms with Crippen molar-refractivity contribution in [2.75, 3.05) is 13.2 Å². The van der Waals surface area contributed by atoms with Crippen LogP contribution in [0.1, 0.15) is 11.1 Å². The van der Waals surface area contributed by atoms with Crippen molar-refractivity contribution in [1.82, 2.24) is 0 Å². The van der Waals surface area contributed by atoms with Gasteiger partial charge in [-0.05, 0) is 12.1 Å². The summed E-state index contributed by atoms with van der Waals surface area (Å²) >= 11 is 0. The van der Waals surface area contributed by atoms with E-state index in [9.17, 15) is 0 Å². The molecule has 0 unspecified atom stereocenters. The second kappa shape index (κ2) is 13.5. The molecule has 0 amide bonds. The fraction of sp³-hybridized carbons (Fsp3) is 0.250. The Balaban J connectivity index is 0.00000288. The molecular formula is C16H20Br2N4O3. The molecule has 9 heteroatoms. The molecule has 0 radical (unpaired) electrons. The van der Waals surface area contributed by atoms with E-state index in [1.54, 1.807) is 0 Å². The Labute approximate surface area is 167 Å². The molecule has 0 fully saturated rings. The summed E-state index contributed by atoms with van der Waals surface area (Å²) in [5.41, 5.74) is 1.65. The van der Waals surface area contributed by atoms with Crippen molar-refractivity contribution in [2.24, 2.45) is 10.3 Å². The fourth-order valence-corrected chi connectivity index (χ4v) is 2.09. The van der Waals surface area contributed by atoms with E-state index in [-0.39, 0.29) is 34.0 Å². The predicted octanol–water partition coefficient (Wildman–Crippen LogP) is -5.40. The van der Waals surface area contributed by atoms with Gasteiger partial charge in [0.05, 0.1) is 23.6 Å². The summed E-state index contributed by atoms with van der Waals surface area (Å²) in [5.74, 6) is 0. The molecule has 0 aromatic carbocycles. The molecule has 0 aliphatic rings. The highest BCUT2D eigenvalue weighted by atomic mass is 79.9. The van der Waals surface area contributed by atoms with Gasteiger partial charge in [-0.1, -0.05) is 10.3 Å². The lowest BCUT2D eigenvalue weighted by Crippen LogP contribution is -3.00. The summed E-state index contributed by atoms with van der Waals surface area (Å²) in [5, 5.41) is 23.1. The van der Waals surface area contributed by atoms with E-state index in [0.29, 0.717) is 13.2 Å². The van der Waals surface area contributed by atoms with Gasteiger partial charge in [0.25, 0.3) is 0 Å². The molecular weight excluding hydrogens is 456 g/mol. The minimum atomic E-state index is 0. The minimum absolute atomic E-state index is 0. The number of aromatic nitrogens is 2. The highest BCUT2D eigenvalue weighted by molar-refractivity contribution is 5.78. The molecule has 0 saturated heterocycles. The first kappa shape index (κ1) is 23.2. The molecule has 0 aliphatic carbocycles. The zero-order chi connectivity index (χ0) is 16.3. The molecule has 0 saturated carbocycles. The van der Waals surface area contributed by atoms with Crippen LogP contribution >= 0.6 is 0 Å². The lowest BCUT2D eigenvalue weighted by Gasteiger charge is -2.01. The average molecular weight is 476 g/mol. The van der Waals surface area contributed by atoms with Crippen molar-refractivity contribution in [3.05, 3.63) is 60.2 Å². The smallest absolute Gasteiger partial charge is 0.177 e. The first-order valence-electron chi connectivity index (χ1n) is 7.22. The largest absolute Gasteiger partial charge is 1.00 e. The minimum Gasteiger partial charge on any atom is -1.00 e. The number of hydrogen-bond donors (Lipinski definition) is 2. The Hall–Kier alpha value is -1.84. The van der Waals surface area contributed by atoms with E-state index >= 15 is 0 Å². The summed E-state index contributed by atoms with van der Waals surface area (Å²) in [6, 6.07) is 7.49. The maximum Gasteiger partial charge on any atom is 0.177 e. The van der Waals surface area contributed by atoms with E-state index in [0.717, 1.165) is 24.2 Å². The Bertz CT molecular complexity index is 626. The highest BCUT2D eigenvalue weighted by Gasteiger charge is 2.04. The molecule has 2 rings (SSSR count). The van der Waals surface area contributed by atoms with Crippen molar-refractivity contribution in [3.8, 4) is 0 Å². The van der Waals surface area contributed by atoms with Crippen molar-refractivity contribution >= 4 is 12.4 Å². The van der Waals surface area contributed by atoms with Crippen molar-refractivity contribution in [1.29, 1.82) is 0 Å². The lowest BCUT2D eigenvalue weighted by molar-refractivity contribution is -0.705. The van der Waals surface area contributed by atoms with Crippen LogP contribution in [-0.2, 0) is 17.8 Å². The Morgan fingerprint density at radius 2 is 1.28 bits per heavy atom. The van der Waals surface area contributed by atoms with Crippen LogP contribution in [0.15, 0.2) is 59.4 Å². The predicted molar refractivity (Wildman–Crippen MR) is 82.9 cm³/mol. The van der Waals surface area contributed by atoms with Crippen LogP contribution in [0.4, 0.5) is 0 Å². The SMILES string of the molecule is O/N=C/c1ccc[n+](CCOCC[n+]2cccc(/C=N/O)c2)c1.[Br-].[Br-]. The Morgan fingerprint density at radius 1 is 0.840 bits per heavy atom. The van der Waals surface area contributed by atoms with Crippen molar-refractivity contribution in [3.63, 3.8) is 0 Å². The van der Waals surface area contributed by atoms with Crippen LogP contribution in [0.3, 0.4) is 0 Å². The zero-order valence-corrected chi connectivity index (χ0v) is 16.6. The van der Waals surface area contributed by atoms with Gasteiger partial charge in [0, 0.05) is 12.1 Å². The van der Waals surface area contributed by atoms with Crippen LogP contribution in [0.25, 0.3) is 0 Å². The summed E-state index contributed by atoms with van der Waals surface area (Å²) in [4.78, 5) is 0. The van der Waals surface area contributed by atoms with Gasteiger partial charge >= 0.3 is 0 Å². The highest BCUT2D eigenvalue weighted by Crippen LogP contribution is 1.91. The maximum absolute atomic E-state index is 8.53. The van der Waals surface area contributed by atoms with Gasteiger partial charge in [0.2, 0.25) is 0 Å². The Morgan fingerprint density at radius 3 is 1.68 bits per heavy atom. The van der Waals surface area contributed by atoms with Crippen LogP contribution in [-0.4, -0.2) is 36.1 Å². The zero-order valence-electron chi connectivity index (χ0n) is 13.4. The van der Waals surface area contributed by atoms with Crippen LogP contribution in [0, 0.1) is 0 Å². The van der Waals surface area contributed by atoms with E-state index < -0.39 is 0 Å². The normalized spacial score (nSPS) is 10.6. The number of ether oxygens (including phenoxy) is 1. The van der Waals surface area contributed by atoms with Gasteiger partial charge in [-0.3, -0.25) is 0 Å². The van der Waals surface area contributed by atoms with Crippen molar-refractivity contribution in [2.45, 2.75) is 13.1 Å². The molecule has 0 atom stereocenters. The molecule has 7 nitrogen and oxygen atoms in total. The Kier molecular flexibility index (Phi) is 12.5. The third-order valence-corrected chi connectivity index (χ3v) is 3.16. The molecule has 2 aromatic heterocycles. The molecule has 2 N–H and O–H groups in total. The third-order valence-electron chi connectivity index (χ3n) is 3.16. The average Bonchev–Trinajstić information content (AvgIpc) is 2.56. The summed E-state index contributed by atoms with van der Waals surface area (Å²) in [7, 11) is 0. The van der Waals surface area contributed by atoms with Gasteiger partial charge in [-0.2, -0.15) is 0 Å².